The normalized spacial score (nSPS) is 16.2. The lowest BCUT2D eigenvalue weighted by atomic mass is 10.4. The average molecular weight is 343 g/mol. The molecule has 102 valence electrons. The molecule has 0 radical (unpaired) electrons. The van der Waals surface area contributed by atoms with E-state index in [2.05, 4.69) is 0 Å². The molecule has 0 amide bonds. The van der Waals surface area contributed by atoms with Crippen molar-refractivity contribution in [1.82, 2.24) is 0 Å². The predicted molar refractivity (Wildman–Crippen MR) is 87.1 cm³/mol. The van der Waals surface area contributed by atoms with E-state index in [1.54, 1.807) is 0 Å². The summed E-state index contributed by atoms with van der Waals surface area (Å²) < 4.78 is 11.3. The van der Waals surface area contributed by atoms with Gasteiger partial charge in [0.05, 0.1) is 6.61 Å². The fourth-order valence-electron chi connectivity index (χ4n) is 1.14. The molecule has 0 saturated heterocycles. The van der Waals surface area contributed by atoms with Crippen LogP contribution in [0.4, 0.5) is 0 Å². The second kappa shape index (κ2) is 8.85. The van der Waals surface area contributed by atoms with Crippen molar-refractivity contribution in [2.75, 3.05) is 12.4 Å². The van der Waals surface area contributed by atoms with Crippen LogP contribution < -0.4 is 0 Å². The van der Waals surface area contributed by atoms with Gasteiger partial charge < -0.3 is 4.52 Å². The monoisotopic (exact) mass is 342 g/mol. The molecule has 2 nitrogen and oxygen atoms in total. The van der Waals surface area contributed by atoms with Crippen molar-refractivity contribution >= 4 is 52.2 Å². The second-order valence-electron chi connectivity index (χ2n) is 3.09. The molecule has 0 bridgehead atoms. The van der Waals surface area contributed by atoms with Crippen LogP contribution in [0.15, 0.2) is 35.2 Å². The highest BCUT2D eigenvalue weighted by molar-refractivity contribution is 8.67. The quantitative estimate of drug-likeness (QED) is 0.274. The first-order chi connectivity index (χ1) is 8.59. The highest BCUT2D eigenvalue weighted by atomic mass is 35.5. The van der Waals surface area contributed by atoms with Gasteiger partial charge in [0.1, 0.15) is 0 Å². The molecule has 0 aliphatic carbocycles. The molecule has 2 atom stereocenters. The lowest BCUT2D eigenvalue weighted by Gasteiger charge is -2.22. The Morgan fingerprint density at radius 3 is 2.56 bits per heavy atom. The van der Waals surface area contributed by atoms with Gasteiger partial charge in [-0.2, -0.15) is 0 Å². The van der Waals surface area contributed by atoms with Gasteiger partial charge in [-0.05, 0) is 36.6 Å². The summed E-state index contributed by atoms with van der Waals surface area (Å²) in [7, 11) is 0. The molecule has 7 heteroatoms. The van der Waals surface area contributed by atoms with Gasteiger partial charge in [-0.15, -0.1) is 0 Å². The Morgan fingerprint density at radius 1 is 1.33 bits per heavy atom. The number of thioether (sulfide) groups is 1. The van der Waals surface area contributed by atoms with Gasteiger partial charge in [-0.25, -0.2) is 0 Å². The summed E-state index contributed by atoms with van der Waals surface area (Å²) in [6, 6.07) is 9.86. The Hall–Kier alpha value is 0.780. The van der Waals surface area contributed by atoms with Crippen molar-refractivity contribution in [3.63, 3.8) is 0 Å². The zero-order chi connectivity index (χ0) is 13.4. The van der Waals surface area contributed by atoms with Crippen LogP contribution in [0.5, 0.6) is 0 Å². The van der Waals surface area contributed by atoms with Crippen molar-refractivity contribution in [3.8, 4) is 0 Å². The number of alkyl halides is 1. The number of halogens is 1. The van der Waals surface area contributed by atoms with Crippen molar-refractivity contribution < 1.29 is 9.05 Å². The summed E-state index contributed by atoms with van der Waals surface area (Å²) in [5, 5.41) is 0. The van der Waals surface area contributed by atoms with Crippen LogP contribution in [0.2, 0.25) is 0 Å². The largest absolute Gasteiger partial charge is 0.322 e. The molecular formula is C11H16ClO2PS3. The van der Waals surface area contributed by atoms with Gasteiger partial charge in [0.15, 0.2) is 4.90 Å². The first-order valence-electron chi connectivity index (χ1n) is 5.53. The van der Waals surface area contributed by atoms with Crippen LogP contribution in [-0.4, -0.2) is 17.3 Å². The second-order valence-corrected chi connectivity index (χ2v) is 11.4. The molecule has 1 aromatic rings. The van der Waals surface area contributed by atoms with E-state index in [9.17, 15) is 0 Å². The molecule has 0 N–H and O–H groups in total. The highest BCUT2D eigenvalue weighted by Crippen LogP contribution is 2.62. The molecule has 1 aromatic carbocycles. The van der Waals surface area contributed by atoms with Crippen LogP contribution >= 0.6 is 40.4 Å². The van der Waals surface area contributed by atoms with Gasteiger partial charge in [0.25, 0.3) is 0 Å². The van der Waals surface area contributed by atoms with Gasteiger partial charge >= 0.3 is 0 Å². The Morgan fingerprint density at radius 2 is 2.00 bits per heavy atom. The summed E-state index contributed by atoms with van der Waals surface area (Å²) in [5.41, 5.74) is -2.32. The maximum atomic E-state index is 6.18. The van der Waals surface area contributed by atoms with Gasteiger partial charge in [0, 0.05) is 4.90 Å². The molecule has 0 heterocycles. The van der Waals surface area contributed by atoms with Gasteiger partial charge in [0.2, 0.25) is 5.69 Å². The van der Waals surface area contributed by atoms with Crippen LogP contribution in [0.1, 0.15) is 13.8 Å². The van der Waals surface area contributed by atoms with Crippen LogP contribution in [0.3, 0.4) is 0 Å². The Kier molecular flexibility index (Phi) is 8.28. The standard InChI is InChI=1S/C11H16ClO2PS3/c1-3-13-15(16,17-4-2)14-11(12)18-10-8-6-5-7-9-10/h5-9,11H,3-4H2,1-2H3. The lowest BCUT2D eigenvalue weighted by molar-refractivity contribution is 0.289. The van der Waals surface area contributed by atoms with E-state index in [1.807, 2.05) is 44.2 Å². The molecule has 18 heavy (non-hydrogen) atoms. The highest BCUT2D eigenvalue weighted by Gasteiger charge is 2.23. The van der Waals surface area contributed by atoms with Crippen molar-refractivity contribution in [2.24, 2.45) is 0 Å². The summed E-state index contributed by atoms with van der Waals surface area (Å²) >= 11 is 14.6. The van der Waals surface area contributed by atoms with E-state index >= 15 is 0 Å². The minimum absolute atomic E-state index is 0.524. The molecule has 2 unspecified atom stereocenters. The minimum atomic E-state index is -2.32. The third-order valence-electron chi connectivity index (χ3n) is 1.76. The van der Waals surface area contributed by atoms with E-state index in [0.29, 0.717) is 6.61 Å². The zero-order valence-corrected chi connectivity index (χ0v) is 14.3. The lowest BCUT2D eigenvalue weighted by Crippen LogP contribution is -1.99. The molecule has 1 rings (SSSR count). The van der Waals surface area contributed by atoms with Crippen molar-refractivity contribution in [3.05, 3.63) is 30.3 Å². The Balaban J connectivity index is 2.56. The summed E-state index contributed by atoms with van der Waals surface area (Å²) in [6.07, 6.45) is 0. The van der Waals surface area contributed by atoms with Crippen LogP contribution in [-0.2, 0) is 20.9 Å². The van der Waals surface area contributed by atoms with Gasteiger partial charge in [-0.3, -0.25) is 4.52 Å². The first kappa shape index (κ1) is 16.8. The maximum absolute atomic E-state index is 6.18. The fourth-order valence-corrected chi connectivity index (χ4v) is 7.95. The fraction of sp³-hybridized carbons (Fsp3) is 0.455. The van der Waals surface area contributed by atoms with E-state index < -0.39 is 10.6 Å². The first-order valence-corrected chi connectivity index (χ1v) is 11.1. The van der Waals surface area contributed by atoms with Crippen LogP contribution in [0.25, 0.3) is 0 Å². The topological polar surface area (TPSA) is 18.5 Å². The van der Waals surface area contributed by atoms with Crippen molar-refractivity contribution in [1.29, 1.82) is 0 Å². The molecular weight excluding hydrogens is 327 g/mol. The van der Waals surface area contributed by atoms with E-state index in [0.717, 1.165) is 10.6 Å². The SMILES string of the molecule is CCOP(=S)(OC(Cl)Sc1ccccc1)SCC. The number of hydrogen-bond acceptors (Lipinski definition) is 5. The molecule has 0 saturated carbocycles. The average Bonchev–Trinajstić information content (AvgIpc) is 2.30. The predicted octanol–water partition coefficient (Wildman–Crippen LogP) is 5.33. The molecule has 0 aromatic heterocycles. The molecule has 0 spiro atoms. The van der Waals surface area contributed by atoms with E-state index in [-0.39, 0.29) is 0 Å². The minimum Gasteiger partial charge on any atom is -0.322 e. The maximum Gasteiger partial charge on any atom is 0.249 e. The summed E-state index contributed by atoms with van der Waals surface area (Å²) in [4.78, 5) is 0.529. The smallest absolute Gasteiger partial charge is 0.249 e. The van der Waals surface area contributed by atoms with E-state index in [4.69, 9.17) is 32.5 Å². The van der Waals surface area contributed by atoms with Gasteiger partial charge in [-0.1, -0.05) is 59.9 Å². The molecule has 0 fully saturated rings. The molecule has 0 aliphatic heterocycles. The number of rotatable bonds is 8. The third-order valence-corrected chi connectivity index (χ3v) is 8.65. The Labute approximate surface area is 127 Å². The summed E-state index contributed by atoms with van der Waals surface area (Å²) in [5.74, 6) is 0.858. The molecule has 0 aliphatic rings. The number of hydrogen-bond donors (Lipinski definition) is 0. The van der Waals surface area contributed by atoms with Crippen LogP contribution in [0, 0.1) is 0 Å². The zero-order valence-electron chi connectivity index (χ0n) is 10.2. The number of benzene rings is 1. The Bertz CT molecular complexity index is 381. The summed E-state index contributed by atoms with van der Waals surface area (Å²) in [6.45, 7) is 4.49. The van der Waals surface area contributed by atoms with Crippen molar-refractivity contribution in [2.45, 2.75) is 23.6 Å². The third kappa shape index (κ3) is 6.29. The van der Waals surface area contributed by atoms with E-state index in [1.165, 1.54) is 23.1 Å².